The van der Waals surface area contributed by atoms with Gasteiger partial charge in [0.15, 0.2) is 0 Å². The van der Waals surface area contributed by atoms with E-state index in [-0.39, 0.29) is 0 Å². The summed E-state index contributed by atoms with van der Waals surface area (Å²) in [4.78, 5) is 13.5. The van der Waals surface area contributed by atoms with E-state index in [2.05, 4.69) is 4.99 Å². The zero-order chi connectivity index (χ0) is 21.3. The highest BCUT2D eigenvalue weighted by molar-refractivity contribution is 7.33. The molecule has 0 aliphatic carbocycles. The molecule has 0 heterocycles. The van der Waals surface area contributed by atoms with E-state index in [4.69, 9.17) is 22.2 Å². The number of aliphatic imine (C=N–C) groups is 1. The van der Waals surface area contributed by atoms with Crippen LogP contribution >= 0.6 is 22.2 Å². The average Bonchev–Trinajstić information content (AvgIpc) is 2.71. The topological polar surface area (TPSA) is 29.4 Å². The van der Waals surface area contributed by atoms with Crippen molar-refractivity contribution in [2.75, 3.05) is 6.54 Å². The van der Waals surface area contributed by atoms with Gasteiger partial charge in [0.1, 0.15) is 0 Å². The highest BCUT2D eigenvalue weighted by atomic mass is 35.7. The van der Waals surface area contributed by atoms with E-state index in [1.807, 2.05) is 0 Å². The molecule has 2 nitrogen and oxygen atoms in total. The second-order valence-corrected chi connectivity index (χ2v) is 13.8. The van der Waals surface area contributed by atoms with Crippen molar-refractivity contribution in [2.24, 2.45) is 4.99 Å². The predicted molar refractivity (Wildman–Crippen MR) is 134 cm³/mol. The summed E-state index contributed by atoms with van der Waals surface area (Å²) in [6.07, 6.45) is 30.3. The SMILES string of the molecule is O=C=NCCCCCCCCCCCCCCCCCCCCCCC[SiH](Cl)Cl. The third-order valence-electron chi connectivity index (χ3n) is 5.76. The van der Waals surface area contributed by atoms with Crippen LogP contribution in [0.2, 0.25) is 6.04 Å². The second-order valence-electron chi connectivity index (χ2n) is 8.58. The first kappa shape index (κ1) is 29.2. The van der Waals surface area contributed by atoms with Gasteiger partial charge in [-0.05, 0) is 12.5 Å². The summed E-state index contributed by atoms with van der Waals surface area (Å²) in [5, 5.41) is 0. The van der Waals surface area contributed by atoms with Gasteiger partial charge < -0.3 is 0 Å². The van der Waals surface area contributed by atoms with Gasteiger partial charge in [0.25, 0.3) is 0 Å². The first-order chi connectivity index (χ1) is 14.3. The van der Waals surface area contributed by atoms with E-state index in [0.717, 1.165) is 12.5 Å². The maximum Gasteiger partial charge on any atom is 0.237 e. The van der Waals surface area contributed by atoms with Crippen molar-refractivity contribution in [3.8, 4) is 0 Å². The van der Waals surface area contributed by atoms with Crippen molar-refractivity contribution in [3.63, 3.8) is 0 Å². The molecule has 0 saturated carbocycles. The van der Waals surface area contributed by atoms with Crippen molar-refractivity contribution in [3.05, 3.63) is 0 Å². The van der Waals surface area contributed by atoms with E-state index >= 15 is 0 Å². The summed E-state index contributed by atoms with van der Waals surface area (Å²) >= 11 is 11.7. The van der Waals surface area contributed by atoms with Crippen LogP contribution in [-0.4, -0.2) is 20.0 Å². The maximum absolute atomic E-state index is 9.94. The molecular weight excluding hydrogens is 417 g/mol. The Balaban J connectivity index is 3.01. The van der Waals surface area contributed by atoms with Gasteiger partial charge in [-0.25, -0.2) is 9.79 Å². The van der Waals surface area contributed by atoms with Gasteiger partial charge >= 0.3 is 0 Å². The maximum atomic E-state index is 9.94. The zero-order valence-corrected chi connectivity index (χ0v) is 21.6. The smallest absolute Gasteiger partial charge is 0.211 e. The van der Waals surface area contributed by atoms with Crippen molar-refractivity contribution >= 4 is 35.7 Å². The van der Waals surface area contributed by atoms with Gasteiger partial charge in [-0.3, -0.25) is 0 Å². The Bertz CT molecular complexity index is 363. The first-order valence-corrected chi connectivity index (χ1v) is 16.9. The molecule has 0 aromatic rings. The fourth-order valence-corrected chi connectivity index (χ4v) is 5.42. The van der Waals surface area contributed by atoms with Gasteiger partial charge in [-0.2, -0.15) is 22.2 Å². The van der Waals surface area contributed by atoms with Crippen molar-refractivity contribution < 1.29 is 4.79 Å². The minimum atomic E-state index is -1.34. The van der Waals surface area contributed by atoms with Crippen LogP contribution in [0.4, 0.5) is 0 Å². The fourth-order valence-electron chi connectivity index (χ4n) is 3.89. The lowest BCUT2D eigenvalue weighted by Crippen LogP contribution is -1.91. The molecule has 0 bridgehead atoms. The van der Waals surface area contributed by atoms with Crippen LogP contribution in [0.1, 0.15) is 135 Å². The van der Waals surface area contributed by atoms with Gasteiger partial charge in [-0.1, -0.05) is 128 Å². The summed E-state index contributed by atoms with van der Waals surface area (Å²) in [7, 11) is -1.34. The lowest BCUT2D eigenvalue weighted by atomic mass is 10.0. The fraction of sp³-hybridized carbons (Fsp3) is 0.958. The van der Waals surface area contributed by atoms with E-state index in [1.54, 1.807) is 6.08 Å². The van der Waals surface area contributed by atoms with Crippen molar-refractivity contribution in [2.45, 2.75) is 141 Å². The van der Waals surface area contributed by atoms with Gasteiger partial charge in [-0.15, -0.1) is 0 Å². The van der Waals surface area contributed by atoms with Crippen LogP contribution in [0.25, 0.3) is 0 Å². The van der Waals surface area contributed by atoms with Crippen LogP contribution in [0.3, 0.4) is 0 Å². The monoisotopic (exact) mass is 463 g/mol. The Hall–Kier alpha value is 0.177. The molecule has 0 fully saturated rings. The third kappa shape index (κ3) is 28.2. The number of hydrogen-bond acceptors (Lipinski definition) is 2. The number of isocyanates is 1. The Morgan fingerprint density at radius 2 is 0.759 bits per heavy atom. The summed E-state index contributed by atoms with van der Waals surface area (Å²) in [5.41, 5.74) is 0. The van der Waals surface area contributed by atoms with E-state index in [0.29, 0.717) is 6.54 Å². The number of hydrogen-bond donors (Lipinski definition) is 0. The molecule has 29 heavy (non-hydrogen) atoms. The molecule has 0 amide bonds. The van der Waals surface area contributed by atoms with Crippen LogP contribution in [-0.2, 0) is 4.79 Å². The zero-order valence-electron chi connectivity index (χ0n) is 19.0. The molecule has 0 saturated heterocycles. The lowest BCUT2D eigenvalue weighted by Gasteiger charge is -2.04. The van der Waals surface area contributed by atoms with Gasteiger partial charge in [0, 0.05) is 0 Å². The van der Waals surface area contributed by atoms with Crippen molar-refractivity contribution in [1.82, 2.24) is 0 Å². The molecule has 0 atom stereocenters. The lowest BCUT2D eigenvalue weighted by molar-refractivity contribution is 0.520. The molecule has 0 spiro atoms. The number of rotatable bonds is 24. The Kier molecular flexibility index (Phi) is 26.4. The molecular formula is C24H47Cl2NOSi. The molecule has 0 rings (SSSR count). The minimum Gasteiger partial charge on any atom is -0.211 e. The Morgan fingerprint density at radius 1 is 0.483 bits per heavy atom. The second kappa shape index (κ2) is 26.2. The minimum absolute atomic E-state index is 0.663. The average molecular weight is 465 g/mol. The Labute approximate surface area is 192 Å². The molecule has 0 unspecified atom stereocenters. The van der Waals surface area contributed by atoms with Crippen LogP contribution in [0, 0.1) is 0 Å². The van der Waals surface area contributed by atoms with Gasteiger partial charge in [0.2, 0.25) is 13.5 Å². The number of unbranched alkanes of at least 4 members (excludes halogenated alkanes) is 20. The van der Waals surface area contributed by atoms with E-state index in [1.165, 1.54) is 128 Å². The van der Waals surface area contributed by atoms with Crippen LogP contribution < -0.4 is 0 Å². The van der Waals surface area contributed by atoms with E-state index < -0.39 is 7.42 Å². The van der Waals surface area contributed by atoms with Crippen molar-refractivity contribution in [1.29, 1.82) is 0 Å². The quantitative estimate of drug-likeness (QED) is 0.0460. The van der Waals surface area contributed by atoms with E-state index in [9.17, 15) is 4.79 Å². The predicted octanol–water partition coefficient (Wildman–Crippen LogP) is 9.21. The molecule has 0 radical (unpaired) electrons. The summed E-state index contributed by atoms with van der Waals surface area (Å²) in [6, 6.07) is 1.09. The molecule has 0 N–H and O–H groups in total. The first-order valence-electron chi connectivity index (χ1n) is 12.6. The van der Waals surface area contributed by atoms with Gasteiger partial charge in [0.05, 0.1) is 6.54 Å². The Morgan fingerprint density at radius 3 is 1.03 bits per heavy atom. The third-order valence-corrected chi connectivity index (χ3v) is 7.91. The molecule has 0 aromatic carbocycles. The highest BCUT2D eigenvalue weighted by Crippen LogP contribution is 2.16. The summed E-state index contributed by atoms with van der Waals surface area (Å²) in [6.45, 7) is 0.663. The molecule has 0 aromatic heterocycles. The molecule has 172 valence electrons. The highest BCUT2D eigenvalue weighted by Gasteiger charge is 2.00. The molecule has 5 heteroatoms. The number of halogens is 2. The normalized spacial score (nSPS) is 11.1. The molecule has 0 aliphatic heterocycles. The number of nitrogens with zero attached hydrogens (tertiary/aromatic N) is 1. The standard InChI is InChI=1S/C24H47Cl2NOSi/c25-29(26)23-21-19-17-15-13-11-9-7-5-3-1-2-4-6-8-10-12-14-16-18-20-22-27-24-28/h29H,1-23H2. The largest absolute Gasteiger partial charge is 0.237 e. The number of carbonyl (C=O) groups excluding carboxylic acids is 1. The summed E-state index contributed by atoms with van der Waals surface area (Å²) < 4.78 is 0. The summed E-state index contributed by atoms with van der Waals surface area (Å²) in [5.74, 6) is 0. The van der Waals surface area contributed by atoms with Crippen LogP contribution in [0.5, 0.6) is 0 Å². The molecule has 0 aliphatic rings. The van der Waals surface area contributed by atoms with Crippen LogP contribution in [0.15, 0.2) is 4.99 Å².